The molecule has 158 valence electrons. The Morgan fingerprint density at radius 2 is 1.60 bits per heavy atom. The lowest BCUT2D eigenvalue weighted by molar-refractivity contribution is -0.133. The van der Waals surface area contributed by atoms with Crippen LogP contribution >= 0.6 is 0 Å². The summed E-state index contributed by atoms with van der Waals surface area (Å²) in [6, 6.07) is 22.8. The highest BCUT2D eigenvalue weighted by molar-refractivity contribution is 5.84. The average molecular weight is 405 g/mol. The quantitative estimate of drug-likeness (QED) is 0.356. The fourth-order valence-corrected chi connectivity index (χ4v) is 4.03. The van der Waals surface area contributed by atoms with Gasteiger partial charge in [0.05, 0.1) is 6.10 Å². The summed E-state index contributed by atoms with van der Waals surface area (Å²) in [6.45, 7) is 4.87. The van der Waals surface area contributed by atoms with E-state index in [-0.39, 0.29) is 6.10 Å². The predicted octanol–water partition coefficient (Wildman–Crippen LogP) is 7.10. The first-order valence-corrected chi connectivity index (χ1v) is 11.2. The predicted molar refractivity (Wildman–Crippen MR) is 122 cm³/mol. The van der Waals surface area contributed by atoms with E-state index in [4.69, 9.17) is 14.2 Å². The van der Waals surface area contributed by atoms with Crippen LogP contribution in [0.3, 0.4) is 0 Å². The molecular weight excluding hydrogens is 372 g/mol. The van der Waals surface area contributed by atoms with Crippen molar-refractivity contribution in [3.8, 4) is 11.5 Å². The van der Waals surface area contributed by atoms with Crippen LogP contribution in [0.2, 0.25) is 0 Å². The monoisotopic (exact) mass is 404 g/mol. The molecule has 1 fully saturated rings. The van der Waals surface area contributed by atoms with Gasteiger partial charge in [-0.05, 0) is 65.8 Å². The number of ether oxygens (including phenoxy) is 3. The molecule has 0 radical (unpaired) electrons. The van der Waals surface area contributed by atoms with Crippen molar-refractivity contribution < 1.29 is 14.2 Å². The summed E-state index contributed by atoms with van der Waals surface area (Å²) < 4.78 is 18.5. The van der Waals surface area contributed by atoms with Gasteiger partial charge in [0, 0.05) is 0 Å². The molecule has 3 aromatic rings. The zero-order valence-electron chi connectivity index (χ0n) is 18.1. The summed E-state index contributed by atoms with van der Waals surface area (Å²) >= 11 is 0. The van der Waals surface area contributed by atoms with E-state index < -0.39 is 6.29 Å². The number of hydrogen-bond donors (Lipinski definition) is 0. The van der Waals surface area contributed by atoms with Crippen LogP contribution in [0.15, 0.2) is 66.7 Å². The molecule has 2 unspecified atom stereocenters. The summed E-state index contributed by atoms with van der Waals surface area (Å²) in [5.74, 6) is 2.22. The Morgan fingerprint density at radius 1 is 0.867 bits per heavy atom. The second-order valence-corrected chi connectivity index (χ2v) is 8.29. The number of fused-ring (bicyclic) bond motifs is 1. The first-order valence-electron chi connectivity index (χ1n) is 11.2. The Morgan fingerprint density at radius 3 is 2.37 bits per heavy atom. The molecule has 1 aliphatic rings. The van der Waals surface area contributed by atoms with E-state index in [0.717, 1.165) is 30.8 Å². The molecule has 0 N–H and O–H groups in total. The van der Waals surface area contributed by atoms with E-state index in [1.165, 1.54) is 29.2 Å². The van der Waals surface area contributed by atoms with Gasteiger partial charge >= 0.3 is 0 Å². The first kappa shape index (κ1) is 20.7. The van der Waals surface area contributed by atoms with Gasteiger partial charge in [0.25, 0.3) is 0 Å². The molecule has 3 heteroatoms. The van der Waals surface area contributed by atoms with Gasteiger partial charge < -0.3 is 14.2 Å². The molecule has 0 aliphatic heterocycles. The van der Waals surface area contributed by atoms with E-state index in [1.807, 2.05) is 36.4 Å². The Hall–Kier alpha value is -2.52. The zero-order valence-corrected chi connectivity index (χ0v) is 18.1. The minimum absolute atomic E-state index is 0.257. The van der Waals surface area contributed by atoms with Crippen molar-refractivity contribution >= 4 is 10.8 Å². The Kier molecular flexibility index (Phi) is 6.91. The molecule has 30 heavy (non-hydrogen) atoms. The average Bonchev–Trinajstić information content (AvgIpc) is 3.30. The van der Waals surface area contributed by atoms with Gasteiger partial charge in [0.1, 0.15) is 11.5 Å². The van der Waals surface area contributed by atoms with Crippen LogP contribution in [0, 0.1) is 0 Å². The van der Waals surface area contributed by atoms with Crippen LogP contribution in [0.1, 0.15) is 57.4 Å². The molecule has 0 heterocycles. The van der Waals surface area contributed by atoms with Crippen molar-refractivity contribution in [2.24, 2.45) is 0 Å². The maximum absolute atomic E-state index is 6.27. The minimum atomic E-state index is -0.426. The molecule has 0 bridgehead atoms. The van der Waals surface area contributed by atoms with E-state index in [9.17, 15) is 0 Å². The largest absolute Gasteiger partial charge is 0.487 e. The molecule has 0 spiro atoms. The van der Waals surface area contributed by atoms with Gasteiger partial charge in [0.2, 0.25) is 6.29 Å². The maximum atomic E-state index is 6.27. The van der Waals surface area contributed by atoms with Crippen LogP contribution in [0.25, 0.3) is 10.8 Å². The molecule has 2 atom stereocenters. The van der Waals surface area contributed by atoms with Gasteiger partial charge in [-0.1, -0.05) is 69.2 Å². The van der Waals surface area contributed by atoms with Crippen LogP contribution < -0.4 is 9.47 Å². The van der Waals surface area contributed by atoms with Crippen LogP contribution in [0.4, 0.5) is 0 Å². The normalized spacial score (nSPS) is 16.5. The van der Waals surface area contributed by atoms with Crippen molar-refractivity contribution in [3.63, 3.8) is 0 Å². The third-order valence-corrected chi connectivity index (χ3v) is 6.06. The van der Waals surface area contributed by atoms with E-state index in [2.05, 4.69) is 44.2 Å². The number of hydrogen-bond acceptors (Lipinski definition) is 3. The van der Waals surface area contributed by atoms with Crippen LogP contribution in [-0.2, 0) is 4.74 Å². The van der Waals surface area contributed by atoms with Gasteiger partial charge in [0.15, 0.2) is 6.61 Å². The van der Waals surface area contributed by atoms with E-state index in [0.29, 0.717) is 12.5 Å². The van der Waals surface area contributed by atoms with Gasteiger partial charge in [-0.25, -0.2) is 0 Å². The molecule has 1 saturated carbocycles. The van der Waals surface area contributed by atoms with Crippen molar-refractivity contribution in [2.75, 3.05) is 6.61 Å². The number of para-hydroxylation sites is 1. The lowest BCUT2D eigenvalue weighted by atomic mass is 9.96. The summed E-state index contributed by atoms with van der Waals surface area (Å²) in [4.78, 5) is 0. The molecule has 3 nitrogen and oxygen atoms in total. The lowest BCUT2D eigenvalue weighted by Gasteiger charge is -2.23. The maximum Gasteiger partial charge on any atom is 0.234 e. The fourth-order valence-electron chi connectivity index (χ4n) is 4.03. The van der Waals surface area contributed by atoms with Crippen molar-refractivity contribution in [1.29, 1.82) is 0 Å². The first-order chi connectivity index (χ1) is 14.7. The molecule has 4 rings (SSSR count). The second-order valence-electron chi connectivity index (χ2n) is 8.29. The van der Waals surface area contributed by atoms with Crippen LogP contribution in [-0.4, -0.2) is 19.0 Å². The SMILES string of the molecule is CCC(C)c1ccc2cc(OC(COc3ccccc3)OC3CCCC3)ccc2c1. The van der Waals surface area contributed by atoms with Crippen LogP contribution in [0.5, 0.6) is 11.5 Å². The van der Waals surface area contributed by atoms with Crippen molar-refractivity contribution in [1.82, 2.24) is 0 Å². The highest BCUT2D eigenvalue weighted by atomic mass is 16.7. The third kappa shape index (κ3) is 5.34. The fraction of sp³-hybridized carbons (Fsp3) is 0.407. The standard InChI is InChI=1S/C27H32O3/c1-3-20(2)21-13-14-23-18-26(16-15-22(23)17-21)30-27(29-25-11-7-8-12-25)19-28-24-9-5-4-6-10-24/h4-6,9-10,13-18,20,25,27H,3,7-8,11-12,19H2,1-2H3. The smallest absolute Gasteiger partial charge is 0.234 e. The molecule has 3 aromatic carbocycles. The van der Waals surface area contributed by atoms with Crippen molar-refractivity contribution in [3.05, 3.63) is 72.3 Å². The Balaban J connectivity index is 1.48. The van der Waals surface area contributed by atoms with E-state index in [1.54, 1.807) is 0 Å². The summed E-state index contributed by atoms with van der Waals surface area (Å²) in [6.07, 6.45) is 5.63. The molecular formula is C27H32O3. The van der Waals surface area contributed by atoms with Gasteiger partial charge in [-0.2, -0.15) is 0 Å². The number of benzene rings is 3. The lowest BCUT2D eigenvalue weighted by Crippen LogP contribution is -2.31. The summed E-state index contributed by atoms with van der Waals surface area (Å²) in [5.41, 5.74) is 1.39. The highest BCUT2D eigenvalue weighted by Gasteiger charge is 2.22. The third-order valence-electron chi connectivity index (χ3n) is 6.06. The number of rotatable bonds is 9. The molecule has 0 aromatic heterocycles. The summed E-state index contributed by atoms with van der Waals surface area (Å²) in [7, 11) is 0. The summed E-state index contributed by atoms with van der Waals surface area (Å²) in [5, 5.41) is 2.43. The Labute approximate surface area is 180 Å². The van der Waals surface area contributed by atoms with Gasteiger partial charge in [-0.3, -0.25) is 0 Å². The highest BCUT2D eigenvalue weighted by Crippen LogP contribution is 2.28. The van der Waals surface area contributed by atoms with Crippen molar-refractivity contribution in [2.45, 2.75) is 64.3 Å². The Bertz CT molecular complexity index is 931. The molecule has 0 amide bonds. The van der Waals surface area contributed by atoms with E-state index >= 15 is 0 Å². The minimum Gasteiger partial charge on any atom is -0.487 e. The molecule has 1 aliphatic carbocycles. The topological polar surface area (TPSA) is 27.7 Å². The zero-order chi connectivity index (χ0) is 20.8. The van der Waals surface area contributed by atoms with Gasteiger partial charge in [-0.15, -0.1) is 0 Å². The molecule has 0 saturated heterocycles. The second kappa shape index (κ2) is 9.99.